The Labute approximate surface area is 166 Å². The Morgan fingerprint density at radius 1 is 0.690 bits per heavy atom. The number of hydrogen-bond acceptors (Lipinski definition) is 6. The van der Waals surface area contributed by atoms with Gasteiger partial charge in [-0.15, -0.1) is 0 Å². The van der Waals surface area contributed by atoms with Crippen molar-refractivity contribution in [1.29, 1.82) is 0 Å². The summed E-state index contributed by atoms with van der Waals surface area (Å²) in [4.78, 5) is 74.9. The largest absolute Gasteiger partial charge is 0.299 e. The standard InChI is InChI=1S/C22H17NO6/c1-12(24)10-18(26)23(19(27)11-13(2)25)17-9-5-8-16-20(17)22(29)15-7-4-3-6-14(15)21(16)28/h3-9H,10-11H2,1-2H3. The molecule has 0 saturated heterocycles. The quantitative estimate of drug-likeness (QED) is 0.618. The van der Waals surface area contributed by atoms with Crippen molar-refractivity contribution in [2.24, 2.45) is 0 Å². The number of Topliss-reactive ketones (excluding diaryl/α,β-unsaturated/α-hetero) is 2. The van der Waals surface area contributed by atoms with E-state index in [4.69, 9.17) is 0 Å². The van der Waals surface area contributed by atoms with E-state index in [1.807, 2.05) is 0 Å². The van der Waals surface area contributed by atoms with Crippen LogP contribution >= 0.6 is 0 Å². The first-order valence-electron chi connectivity index (χ1n) is 8.88. The van der Waals surface area contributed by atoms with Gasteiger partial charge in [-0.1, -0.05) is 36.4 Å². The number of carbonyl (C=O) groups excluding carboxylic acids is 6. The number of amides is 2. The molecule has 1 aliphatic carbocycles. The number of imide groups is 1. The predicted octanol–water partition coefficient (Wildman–Crippen LogP) is 2.28. The molecule has 0 N–H and O–H groups in total. The number of rotatable bonds is 5. The van der Waals surface area contributed by atoms with Gasteiger partial charge in [0.15, 0.2) is 11.6 Å². The van der Waals surface area contributed by atoms with Gasteiger partial charge in [-0.05, 0) is 19.9 Å². The fraction of sp³-hybridized carbons (Fsp3) is 0.182. The molecule has 3 rings (SSSR count). The molecule has 0 radical (unpaired) electrons. The van der Waals surface area contributed by atoms with E-state index in [9.17, 15) is 28.8 Å². The van der Waals surface area contributed by atoms with Gasteiger partial charge in [-0.2, -0.15) is 0 Å². The molecule has 2 amide bonds. The van der Waals surface area contributed by atoms with Gasteiger partial charge in [0.2, 0.25) is 11.8 Å². The maximum Gasteiger partial charge on any atom is 0.241 e. The number of benzene rings is 2. The Balaban J connectivity index is 2.20. The monoisotopic (exact) mass is 391 g/mol. The summed E-state index contributed by atoms with van der Waals surface area (Å²) in [6.45, 7) is 2.38. The lowest BCUT2D eigenvalue weighted by Gasteiger charge is -2.26. The maximum absolute atomic E-state index is 13.1. The number of anilines is 1. The van der Waals surface area contributed by atoms with Crippen LogP contribution in [0.15, 0.2) is 42.5 Å². The smallest absolute Gasteiger partial charge is 0.241 e. The number of carbonyl (C=O) groups is 6. The topological polar surface area (TPSA) is 106 Å². The second kappa shape index (κ2) is 7.71. The van der Waals surface area contributed by atoms with Crippen LogP contribution in [-0.4, -0.2) is 34.9 Å². The minimum atomic E-state index is -0.865. The third kappa shape index (κ3) is 3.67. The lowest BCUT2D eigenvalue weighted by Crippen LogP contribution is -2.40. The first-order chi connectivity index (χ1) is 13.7. The molecular weight excluding hydrogens is 374 g/mol. The first kappa shape index (κ1) is 20.0. The first-order valence-corrected chi connectivity index (χ1v) is 8.88. The zero-order chi connectivity index (χ0) is 21.3. The van der Waals surface area contributed by atoms with Crippen LogP contribution < -0.4 is 4.90 Å². The molecule has 0 aliphatic heterocycles. The van der Waals surface area contributed by atoms with Crippen LogP contribution in [0.3, 0.4) is 0 Å². The van der Waals surface area contributed by atoms with E-state index in [2.05, 4.69) is 0 Å². The molecule has 2 aromatic rings. The van der Waals surface area contributed by atoms with Gasteiger partial charge in [-0.25, -0.2) is 4.90 Å². The van der Waals surface area contributed by atoms with Crippen LogP contribution in [0, 0.1) is 0 Å². The molecule has 0 unspecified atom stereocenters. The highest BCUT2D eigenvalue weighted by Crippen LogP contribution is 2.34. The average molecular weight is 391 g/mol. The summed E-state index contributed by atoms with van der Waals surface area (Å²) >= 11 is 0. The summed E-state index contributed by atoms with van der Waals surface area (Å²) in [7, 11) is 0. The van der Waals surface area contributed by atoms with Gasteiger partial charge in [0.25, 0.3) is 0 Å². The molecule has 0 bridgehead atoms. The van der Waals surface area contributed by atoms with Gasteiger partial charge < -0.3 is 0 Å². The zero-order valence-electron chi connectivity index (χ0n) is 15.9. The molecule has 7 heteroatoms. The van der Waals surface area contributed by atoms with E-state index < -0.39 is 47.8 Å². The molecule has 0 fully saturated rings. The number of hydrogen-bond donors (Lipinski definition) is 0. The van der Waals surface area contributed by atoms with Crippen LogP contribution in [-0.2, 0) is 19.2 Å². The molecule has 7 nitrogen and oxygen atoms in total. The molecule has 0 atom stereocenters. The molecule has 0 saturated carbocycles. The molecule has 146 valence electrons. The maximum atomic E-state index is 13.1. The summed E-state index contributed by atoms with van der Waals surface area (Å²) in [6, 6.07) is 10.5. The second-order valence-electron chi connectivity index (χ2n) is 6.78. The van der Waals surface area contributed by atoms with Crippen LogP contribution in [0.1, 0.15) is 58.5 Å². The number of fused-ring (bicyclic) bond motifs is 2. The summed E-state index contributed by atoms with van der Waals surface area (Å²) in [5.41, 5.74) is 0.259. The summed E-state index contributed by atoms with van der Waals surface area (Å²) in [5, 5.41) is 0. The van der Waals surface area contributed by atoms with E-state index in [0.29, 0.717) is 4.90 Å². The van der Waals surface area contributed by atoms with E-state index in [1.165, 1.54) is 44.2 Å². The van der Waals surface area contributed by atoms with E-state index in [0.717, 1.165) is 0 Å². The predicted molar refractivity (Wildman–Crippen MR) is 103 cm³/mol. The lowest BCUT2D eigenvalue weighted by atomic mass is 9.83. The Bertz CT molecular complexity index is 1070. The third-order valence-corrected chi connectivity index (χ3v) is 4.47. The van der Waals surface area contributed by atoms with Crippen LogP contribution in [0.4, 0.5) is 5.69 Å². The van der Waals surface area contributed by atoms with Gasteiger partial charge >= 0.3 is 0 Å². The highest BCUT2D eigenvalue weighted by molar-refractivity contribution is 6.32. The molecule has 29 heavy (non-hydrogen) atoms. The third-order valence-electron chi connectivity index (χ3n) is 4.47. The normalized spacial score (nSPS) is 12.1. The van der Waals surface area contributed by atoms with Gasteiger partial charge in [0.1, 0.15) is 11.6 Å². The Hall–Kier alpha value is -3.74. The second-order valence-corrected chi connectivity index (χ2v) is 6.78. The van der Waals surface area contributed by atoms with Crippen molar-refractivity contribution < 1.29 is 28.8 Å². The van der Waals surface area contributed by atoms with Crippen molar-refractivity contribution in [3.63, 3.8) is 0 Å². The molecule has 0 aromatic heterocycles. The summed E-state index contributed by atoms with van der Waals surface area (Å²) in [6.07, 6.45) is -1.15. The number of nitrogens with zero attached hydrogens (tertiary/aromatic N) is 1. The van der Waals surface area contributed by atoms with Crippen molar-refractivity contribution in [3.8, 4) is 0 Å². The minimum Gasteiger partial charge on any atom is -0.299 e. The van der Waals surface area contributed by atoms with Crippen molar-refractivity contribution >= 4 is 40.6 Å². The Morgan fingerprint density at radius 2 is 1.17 bits per heavy atom. The van der Waals surface area contributed by atoms with Crippen molar-refractivity contribution in [2.75, 3.05) is 4.90 Å². The molecule has 2 aromatic carbocycles. The lowest BCUT2D eigenvalue weighted by molar-refractivity contribution is -0.130. The molecular formula is C22H17NO6. The van der Waals surface area contributed by atoms with Crippen molar-refractivity contribution in [1.82, 2.24) is 0 Å². The Morgan fingerprint density at radius 3 is 1.69 bits per heavy atom. The minimum absolute atomic E-state index is 0.0578. The molecule has 1 aliphatic rings. The highest BCUT2D eigenvalue weighted by atomic mass is 16.2. The van der Waals surface area contributed by atoms with Crippen LogP contribution in [0.2, 0.25) is 0 Å². The van der Waals surface area contributed by atoms with Crippen molar-refractivity contribution in [3.05, 3.63) is 64.7 Å². The van der Waals surface area contributed by atoms with Crippen molar-refractivity contribution in [2.45, 2.75) is 26.7 Å². The van der Waals surface area contributed by atoms with E-state index >= 15 is 0 Å². The average Bonchev–Trinajstić information content (AvgIpc) is 2.65. The van der Waals surface area contributed by atoms with Crippen LogP contribution in [0.25, 0.3) is 0 Å². The van der Waals surface area contributed by atoms with E-state index in [-0.39, 0.29) is 27.9 Å². The summed E-state index contributed by atoms with van der Waals surface area (Å²) in [5.74, 6) is -3.61. The fourth-order valence-electron chi connectivity index (χ4n) is 3.31. The zero-order valence-corrected chi connectivity index (χ0v) is 15.9. The summed E-state index contributed by atoms with van der Waals surface area (Å²) < 4.78 is 0. The SMILES string of the molecule is CC(=O)CC(=O)N(C(=O)CC(C)=O)c1cccc2c1C(=O)c1ccccc1C2=O. The molecule has 0 spiro atoms. The van der Waals surface area contributed by atoms with E-state index in [1.54, 1.807) is 12.1 Å². The number of ketones is 4. The van der Waals surface area contributed by atoms with Gasteiger partial charge in [0.05, 0.1) is 24.1 Å². The Kier molecular flexibility index (Phi) is 5.32. The fourth-order valence-corrected chi connectivity index (χ4v) is 3.31. The van der Waals surface area contributed by atoms with Gasteiger partial charge in [0, 0.05) is 16.7 Å². The van der Waals surface area contributed by atoms with Crippen LogP contribution in [0.5, 0.6) is 0 Å². The highest BCUT2D eigenvalue weighted by Gasteiger charge is 2.36. The van der Waals surface area contributed by atoms with Gasteiger partial charge in [-0.3, -0.25) is 28.8 Å². The molecule has 0 heterocycles.